The number of phenols is 1. The van der Waals surface area contributed by atoms with Gasteiger partial charge in [0.25, 0.3) is 0 Å². The molecule has 1 atom stereocenters. The first-order valence-electron chi connectivity index (χ1n) is 4.86. The van der Waals surface area contributed by atoms with E-state index in [9.17, 15) is 5.11 Å². The number of fused-ring (bicyclic) bond motifs is 1. The van der Waals surface area contributed by atoms with Crippen LogP contribution in [-0.4, -0.2) is 11.7 Å². The van der Waals surface area contributed by atoms with Crippen LogP contribution in [0.15, 0.2) is 18.2 Å². The molecular formula is C11H15NO. The molecule has 2 N–H and O–H groups in total. The summed E-state index contributed by atoms with van der Waals surface area (Å²) in [5.74, 6) is 0.376. The molecule has 1 aliphatic heterocycles. The van der Waals surface area contributed by atoms with Crippen LogP contribution in [0.4, 0.5) is 0 Å². The maximum atomic E-state index is 9.37. The number of nitrogens with one attached hydrogen (secondary N) is 1. The number of rotatable bonds is 1. The highest BCUT2D eigenvalue weighted by Gasteiger charge is 2.17. The van der Waals surface area contributed by atoms with Gasteiger partial charge < -0.3 is 10.4 Å². The summed E-state index contributed by atoms with van der Waals surface area (Å²) in [5, 5.41) is 12.8. The summed E-state index contributed by atoms with van der Waals surface area (Å²) in [6.45, 7) is 3.22. The molecule has 0 fully saturated rings. The maximum absolute atomic E-state index is 9.37. The molecule has 0 saturated carbocycles. The molecule has 1 aromatic carbocycles. The molecule has 0 radical (unpaired) electrons. The Morgan fingerprint density at radius 2 is 2.38 bits per heavy atom. The summed E-state index contributed by atoms with van der Waals surface area (Å²) in [7, 11) is 0. The molecule has 0 amide bonds. The molecule has 70 valence electrons. The lowest BCUT2D eigenvalue weighted by Gasteiger charge is -2.25. The maximum Gasteiger partial charge on any atom is 0.115 e. The lowest BCUT2D eigenvalue weighted by Crippen LogP contribution is -2.29. The normalized spacial score (nSPS) is 21.2. The second kappa shape index (κ2) is 3.38. The molecule has 1 heterocycles. The second-order valence-corrected chi connectivity index (χ2v) is 3.55. The molecule has 2 nitrogen and oxygen atoms in total. The first kappa shape index (κ1) is 8.57. The zero-order valence-electron chi connectivity index (χ0n) is 7.88. The Kier molecular flexibility index (Phi) is 2.23. The summed E-state index contributed by atoms with van der Waals surface area (Å²) in [4.78, 5) is 0. The Bertz CT molecular complexity index is 309. The molecular weight excluding hydrogens is 162 g/mol. The number of hydrogen-bond acceptors (Lipinski definition) is 2. The Labute approximate surface area is 78.6 Å². The molecule has 0 aliphatic carbocycles. The third-order valence-electron chi connectivity index (χ3n) is 2.70. The summed E-state index contributed by atoms with van der Waals surface area (Å²) >= 11 is 0. The lowest BCUT2D eigenvalue weighted by molar-refractivity contribution is 0.461. The third-order valence-corrected chi connectivity index (χ3v) is 2.70. The van der Waals surface area contributed by atoms with Gasteiger partial charge in [0.1, 0.15) is 5.75 Å². The van der Waals surface area contributed by atoms with E-state index in [0.717, 1.165) is 19.4 Å². The molecule has 1 unspecified atom stereocenters. The van der Waals surface area contributed by atoms with Gasteiger partial charge in [0, 0.05) is 6.04 Å². The minimum Gasteiger partial charge on any atom is -0.508 e. The number of hydrogen-bond donors (Lipinski definition) is 2. The SMILES string of the molecule is CCC1NCCc2ccc(O)cc21. The first-order chi connectivity index (χ1) is 6.31. The van der Waals surface area contributed by atoms with Crippen molar-refractivity contribution in [3.8, 4) is 5.75 Å². The average Bonchev–Trinajstić information content (AvgIpc) is 2.17. The van der Waals surface area contributed by atoms with Crippen molar-refractivity contribution in [2.24, 2.45) is 0 Å². The molecule has 0 spiro atoms. The Balaban J connectivity index is 2.41. The van der Waals surface area contributed by atoms with E-state index in [1.165, 1.54) is 11.1 Å². The highest BCUT2D eigenvalue weighted by molar-refractivity contribution is 5.38. The summed E-state index contributed by atoms with van der Waals surface area (Å²) in [5.41, 5.74) is 2.65. The van der Waals surface area contributed by atoms with E-state index < -0.39 is 0 Å². The van der Waals surface area contributed by atoms with Crippen LogP contribution < -0.4 is 5.32 Å². The van der Waals surface area contributed by atoms with E-state index in [2.05, 4.69) is 12.2 Å². The van der Waals surface area contributed by atoms with Crippen LogP contribution >= 0.6 is 0 Å². The monoisotopic (exact) mass is 177 g/mol. The molecule has 0 saturated heterocycles. The second-order valence-electron chi connectivity index (χ2n) is 3.55. The van der Waals surface area contributed by atoms with E-state index in [-0.39, 0.29) is 0 Å². The predicted molar refractivity (Wildman–Crippen MR) is 52.8 cm³/mol. The van der Waals surface area contributed by atoms with Gasteiger partial charge in [-0.05, 0) is 42.6 Å². The topological polar surface area (TPSA) is 32.3 Å². The Morgan fingerprint density at radius 3 is 3.15 bits per heavy atom. The standard InChI is InChI=1S/C11H15NO/c1-2-11-10-7-9(13)4-3-8(10)5-6-12-11/h3-4,7,11-13H,2,5-6H2,1H3. The minimum absolute atomic E-state index is 0.376. The highest BCUT2D eigenvalue weighted by Crippen LogP contribution is 2.28. The van der Waals surface area contributed by atoms with E-state index in [1.54, 1.807) is 6.07 Å². The van der Waals surface area contributed by atoms with Gasteiger partial charge in [0.05, 0.1) is 0 Å². The fourth-order valence-corrected chi connectivity index (χ4v) is 1.99. The average molecular weight is 177 g/mol. The van der Waals surface area contributed by atoms with Gasteiger partial charge in [-0.2, -0.15) is 0 Å². The van der Waals surface area contributed by atoms with Crippen LogP contribution in [0, 0.1) is 0 Å². The third kappa shape index (κ3) is 1.54. The molecule has 13 heavy (non-hydrogen) atoms. The van der Waals surface area contributed by atoms with Gasteiger partial charge in [-0.25, -0.2) is 0 Å². The Morgan fingerprint density at radius 1 is 1.54 bits per heavy atom. The van der Waals surface area contributed by atoms with Crippen molar-refractivity contribution in [2.75, 3.05) is 6.54 Å². The van der Waals surface area contributed by atoms with E-state index in [4.69, 9.17) is 0 Å². The minimum atomic E-state index is 0.376. The first-order valence-corrected chi connectivity index (χ1v) is 4.86. The largest absolute Gasteiger partial charge is 0.508 e. The number of aromatic hydroxyl groups is 1. The lowest BCUT2D eigenvalue weighted by atomic mass is 9.93. The highest BCUT2D eigenvalue weighted by atomic mass is 16.3. The molecule has 2 heteroatoms. The van der Waals surface area contributed by atoms with Gasteiger partial charge in [0.15, 0.2) is 0 Å². The van der Waals surface area contributed by atoms with Crippen molar-refractivity contribution in [1.82, 2.24) is 5.32 Å². The number of phenolic OH excluding ortho intramolecular Hbond substituents is 1. The smallest absolute Gasteiger partial charge is 0.115 e. The van der Waals surface area contributed by atoms with Crippen LogP contribution in [0.3, 0.4) is 0 Å². The van der Waals surface area contributed by atoms with Crippen LogP contribution in [0.5, 0.6) is 5.75 Å². The van der Waals surface area contributed by atoms with Crippen molar-refractivity contribution in [2.45, 2.75) is 25.8 Å². The van der Waals surface area contributed by atoms with E-state index >= 15 is 0 Å². The van der Waals surface area contributed by atoms with E-state index in [0.29, 0.717) is 11.8 Å². The van der Waals surface area contributed by atoms with Gasteiger partial charge in [0.2, 0.25) is 0 Å². The summed E-state index contributed by atoms with van der Waals surface area (Å²) < 4.78 is 0. The fourth-order valence-electron chi connectivity index (χ4n) is 1.99. The van der Waals surface area contributed by atoms with Crippen molar-refractivity contribution < 1.29 is 5.11 Å². The molecule has 0 aromatic heterocycles. The zero-order valence-corrected chi connectivity index (χ0v) is 7.88. The molecule has 1 aromatic rings. The summed E-state index contributed by atoms with van der Waals surface area (Å²) in [6.07, 6.45) is 2.16. The van der Waals surface area contributed by atoms with Crippen LogP contribution in [0.25, 0.3) is 0 Å². The van der Waals surface area contributed by atoms with Crippen molar-refractivity contribution in [1.29, 1.82) is 0 Å². The summed E-state index contributed by atoms with van der Waals surface area (Å²) in [6, 6.07) is 6.12. The fraction of sp³-hybridized carbons (Fsp3) is 0.455. The van der Waals surface area contributed by atoms with Gasteiger partial charge in [-0.3, -0.25) is 0 Å². The van der Waals surface area contributed by atoms with Crippen molar-refractivity contribution in [3.63, 3.8) is 0 Å². The van der Waals surface area contributed by atoms with Crippen molar-refractivity contribution >= 4 is 0 Å². The quantitative estimate of drug-likeness (QED) is 0.687. The molecule has 1 aliphatic rings. The molecule has 2 rings (SSSR count). The van der Waals surface area contributed by atoms with Gasteiger partial charge in [-0.15, -0.1) is 0 Å². The van der Waals surface area contributed by atoms with Crippen LogP contribution in [0.2, 0.25) is 0 Å². The molecule has 0 bridgehead atoms. The predicted octanol–water partition coefficient (Wildman–Crippen LogP) is 1.99. The van der Waals surface area contributed by atoms with E-state index in [1.807, 2.05) is 12.1 Å². The van der Waals surface area contributed by atoms with Gasteiger partial charge in [-0.1, -0.05) is 13.0 Å². The van der Waals surface area contributed by atoms with Crippen LogP contribution in [-0.2, 0) is 6.42 Å². The Hall–Kier alpha value is -1.02. The van der Waals surface area contributed by atoms with Gasteiger partial charge >= 0.3 is 0 Å². The zero-order chi connectivity index (χ0) is 9.26. The van der Waals surface area contributed by atoms with Crippen LogP contribution in [0.1, 0.15) is 30.5 Å². The van der Waals surface area contributed by atoms with Crippen molar-refractivity contribution in [3.05, 3.63) is 29.3 Å². The number of benzene rings is 1.